The van der Waals surface area contributed by atoms with Crippen LogP contribution in [0, 0.1) is 24.5 Å². The third kappa shape index (κ3) is 6.22. The van der Waals surface area contributed by atoms with Crippen LogP contribution in [0.4, 0.5) is 20.5 Å². The van der Waals surface area contributed by atoms with Crippen LogP contribution >= 0.6 is 0 Å². The van der Waals surface area contributed by atoms with Gasteiger partial charge in [0.25, 0.3) is 0 Å². The van der Waals surface area contributed by atoms with Gasteiger partial charge in [0.15, 0.2) is 11.6 Å². The van der Waals surface area contributed by atoms with Gasteiger partial charge in [0.05, 0.1) is 18.3 Å². The molecule has 0 unspecified atom stereocenters. The third-order valence-corrected chi connectivity index (χ3v) is 7.87. The van der Waals surface area contributed by atoms with Crippen molar-refractivity contribution in [1.29, 1.82) is 0 Å². The average molecular weight is 565 g/mol. The lowest BCUT2D eigenvalue weighted by atomic mass is 9.86. The highest BCUT2D eigenvalue weighted by molar-refractivity contribution is 5.83. The van der Waals surface area contributed by atoms with Gasteiger partial charge in [0, 0.05) is 30.4 Å². The first-order valence-corrected chi connectivity index (χ1v) is 14.3. The molecule has 0 saturated carbocycles. The van der Waals surface area contributed by atoms with E-state index < -0.39 is 11.6 Å². The fourth-order valence-electron chi connectivity index (χ4n) is 5.84. The van der Waals surface area contributed by atoms with Crippen molar-refractivity contribution in [3.8, 4) is 11.3 Å². The van der Waals surface area contributed by atoms with Crippen molar-refractivity contribution in [3.63, 3.8) is 0 Å². The molecule has 1 aliphatic rings. The maximum atomic E-state index is 15.0. The van der Waals surface area contributed by atoms with Crippen LogP contribution in [-0.2, 0) is 0 Å². The van der Waals surface area contributed by atoms with Crippen molar-refractivity contribution in [1.82, 2.24) is 34.7 Å². The van der Waals surface area contributed by atoms with E-state index in [1.54, 1.807) is 6.07 Å². The summed E-state index contributed by atoms with van der Waals surface area (Å²) in [5.74, 6) is 0.597. The lowest BCUT2D eigenvalue weighted by Gasteiger charge is -2.36. The lowest BCUT2D eigenvalue weighted by molar-refractivity contribution is 0.160. The van der Waals surface area contributed by atoms with Gasteiger partial charge in [-0.1, -0.05) is 13.0 Å². The summed E-state index contributed by atoms with van der Waals surface area (Å²) in [6, 6.07) is 6.95. The summed E-state index contributed by atoms with van der Waals surface area (Å²) in [5.41, 5.74) is 2.16. The molecule has 3 N–H and O–H groups in total. The molecule has 1 atom stereocenters. The summed E-state index contributed by atoms with van der Waals surface area (Å²) in [5, 5.41) is 16.0. The van der Waals surface area contributed by atoms with Crippen molar-refractivity contribution in [3.05, 3.63) is 59.7 Å². The third-order valence-electron chi connectivity index (χ3n) is 7.87. The SMILES string of the molecule is CCN1CCC([C@H](NCCO)c2ccc(Nc3ncc(F)c(-c4cc(F)c5nc(C)n(C(C)C)c5c4)n3)nc2)CC1. The summed E-state index contributed by atoms with van der Waals surface area (Å²) in [6.07, 6.45) is 5.04. The van der Waals surface area contributed by atoms with Gasteiger partial charge in [-0.15, -0.1) is 0 Å². The molecule has 1 saturated heterocycles. The molecule has 1 aromatic carbocycles. The number of rotatable bonds is 10. The van der Waals surface area contributed by atoms with E-state index in [1.807, 2.05) is 43.7 Å². The van der Waals surface area contributed by atoms with Gasteiger partial charge >= 0.3 is 0 Å². The Balaban J connectivity index is 1.38. The minimum absolute atomic E-state index is 0.0132. The van der Waals surface area contributed by atoms with Crippen molar-refractivity contribution in [2.24, 2.45) is 5.92 Å². The molecule has 11 heteroatoms. The summed E-state index contributed by atoms with van der Waals surface area (Å²) in [7, 11) is 0. The molecular formula is C30H38F2N8O. The molecule has 0 amide bonds. The maximum absolute atomic E-state index is 15.0. The number of likely N-dealkylation sites (tertiary alicyclic amines) is 1. The van der Waals surface area contributed by atoms with Crippen LogP contribution in [0.2, 0.25) is 0 Å². The highest BCUT2D eigenvalue weighted by atomic mass is 19.1. The molecule has 0 spiro atoms. The molecule has 0 bridgehead atoms. The molecule has 41 heavy (non-hydrogen) atoms. The van der Waals surface area contributed by atoms with Crippen molar-refractivity contribution >= 4 is 22.8 Å². The number of imidazole rings is 1. The van der Waals surface area contributed by atoms with E-state index in [0.717, 1.165) is 44.2 Å². The monoisotopic (exact) mass is 564 g/mol. The highest BCUT2D eigenvalue weighted by Crippen LogP contribution is 2.32. The van der Waals surface area contributed by atoms with Crippen LogP contribution in [0.25, 0.3) is 22.3 Å². The highest BCUT2D eigenvalue weighted by Gasteiger charge is 2.27. The number of halogens is 2. The molecule has 0 radical (unpaired) electrons. The second-order valence-electron chi connectivity index (χ2n) is 10.9. The summed E-state index contributed by atoms with van der Waals surface area (Å²) >= 11 is 0. The Hall–Kier alpha value is -3.54. The van der Waals surface area contributed by atoms with Gasteiger partial charge in [-0.2, -0.15) is 0 Å². The smallest absolute Gasteiger partial charge is 0.229 e. The molecule has 9 nitrogen and oxygen atoms in total. The zero-order valence-corrected chi connectivity index (χ0v) is 24.0. The Bertz CT molecular complexity index is 1480. The molecule has 4 aromatic rings. The van der Waals surface area contributed by atoms with Crippen LogP contribution in [0.3, 0.4) is 0 Å². The first kappa shape index (κ1) is 29.0. The van der Waals surface area contributed by atoms with Gasteiger partial charge in [0.2, 0.25) is 5.95 Å². The fraction of sp³-hybridized carbons (Fsp3) is 0.467. The number of aromatic nitrogens is 5. The minimum atomic E-state index is -0.656. The molecule has 1 fully saturated rings. The number of nitrogens with zero attached hydrogens (tertiary/aromatic N) is 6. The van der Waals surface area contributed by atoms with Crippen molar-refractivity contribution in [2.75, 3.05) is 38.1 Å². The van der Waals surface area contributed by atoms with Gasteiger partial charge in [0.1, 0.15) is 22.9 Å². The van der Waals surface area contributed by atoms with E-state index in [-0.39, 0.29) is 35.8 Å². The quantitative estimate of drug-likeness (QED) is 0.243. The minimum Gasteiger partial charge on any atom is -0.395 e. The van der Waals surface area contributed by atoms with E-state index in [2.05, 4.69) is 42.4 Å². The van der Waals surface area contributed by atoms with Gasteiger partial charge in [-0.3, -0.25) is 0 Å². The van der Waals surface area contributed by atoms with Crippen LogP contribution in [0.5, 0.6) is 0 Å². The Labute approximate surface area is 239 Å². The van der Waals surface area contributed by atoms with Crippen LogP contribution in [-0.4, -0.2) is 67.3 Å². The molecule has 0 aliphatic carbocycles. The van der Waals surface area contributed by atoms with Crippen LogP contribution in [0.15, 0.2) is 36.7 Å². The average Bonchev–Trinajstić information content (AvgIpc) is 3.32. The van der Waals surface area contributed by atoms with Gasteiger partial charge < -0.3 is 25.2 Å². The molecule has 3 aromatic heterocycles. The number of hydrogen-bond donors (Lipinski definition) is 3. The number of benzene rings is 1. The standard InChI is InChI=1S/C30H38F2N8O/c1-5-39-11-8-20(9-12-39)27(33-10-13-41)21-6-7-26(34-16-21)37-30-35-17-24(32)28(38-30)22-14-23(31)29-25(15-22)40(18(2)3)19(4)36-29/h6-7,14-18,20,27,33,41H,5,8-13H2,1-4H3,(H,34,35,37,38)/t27-/m0/s1. The predicted octanol–water partition coefficient (Wildman–Crippen LogP) is 5.15. The van der Waals surface area contributed by atoms with Crippen LogP contribution in [0.1, 0.15) is 57.1 Å². The second-order valence-corrected chi connectivity index (χ2v) is 10.9. The topological polar surface area (TPSA) is 104 Å². The zero-order chi connectivity index (χ0) is 29.1. The summed E-state index contributed by atoms with van der Waals surface area (Å²) in [6.45, 7) is 11.7. The normalized spacial score (nSPS) is 15.6. The second kappa shape index (κ2) is 12.5. The number of pyridine rings is 1. The lowest BCUT2D eigenvalue weighted by Crippen LogP contribution is -2.39. The van der Waals surface area contributed by atoms with E-state index in [9.17, 15) is 9.50 Å². The zero-order valence-electron chi connectivity index (χ0n) is 24.0. The number of nitrogens with one attached hydrogen (secondary N) is 2. The number of aliphatic hydroxyl groups is 1. The van der Waals surface area contributed by atoms with Gasteiger partial charge in [-0.05, 0) is 82.9 Å². The maximum Gasteiger partial charge on any atom is 0.229 e. The number of hydrogen-bond acceptors (Lipinski definition) is 8. The number of fused-ring (bicyclic) bond motifs is 1. The largest absolute Gasteiger partial charge is 0.395 e. The molecule has 1 aliphatic heterocycles. The number of aliphatic hydroxyl groups excluding tert-OH is 1. The first-order chi connectivity index (χ1) is 19.8. The Morgan fingerprint density at radius 2 is 1.83 bits per heavy atom. The van der Waals surface area contributed by atoms with Crippen LogP contribution < -0.4 is 10.6 Å². The van der Waals surface area contributed by atoms with E-state index in [4.69, 9.17) is 0 Å². The molecule has 4 heterocycles. The van der Waals surface area contributed by atoms with E-state index in [1.165, 1.54) is 6.07 Å². The Morgan fingerprint density at radius 3 is 2.49 bits per heavy atom. The Kier molecular flexibility index (Phi) is 8.86. The molecule has 218 valence electrons. The first-order valence-electron chi connectivity index (χ1n) is 14.3. The Morgan fingerprint density at radius 1 is 1.05 bits per heavy atom. The predicted molar refractivity (Wildman–Crippen MR) is 156 cm³/mol. The number of anilines is 2. The summed E-state index contributed by atoms with van der Waals surface area (Å²) < 4.78 is 31.9. The number of piperidine rings is 1. The molecular weight excluding hydrogens is 526 g/mol. The fourth-order valence-corrected chi connectivity index (χ4v) is 5.84. The number of aryl methyl sites for hydroxylation is 1. The van der Waals surface area contributed by atoms with E-state index >= 15 is 4.39 Å². The molecule has 5 rings (SSSR count). The van der Waals surface area contributed by atoms with Crippen molar-refractivity contribution in [2.45, 2.75) is 52.6 Å². The van der Waals surface area contributed by atoms with Crippen molar-refractivity contribution < 1.29 is 13.9 Å². The summed E-state index contributed by atoms with van der Waals surface area (Å²) in [4.78, 5) is 19.8. The van der Waals surface area contributed by atoms with Gasteiger partial charge in [-0.25, -0.2) is 28.7 Å². The van der Waals surface area contributed by atoms with E-state index in [0.29, 0.717) is 35.2 Å².